The Kier molecular flexibility index (Phi) is 3.08. The molecular weight excluding hydrogens is 328 g/mol. The molecule has 3 aromatic rings. The van der Waals surface area contributed by atoms with Crippen molar-refractivity contribution >= 4 is 44.3 Å². The highest BCUT2D eigenvalue weighted by Gasteiger charge is 2.18. The van der Waals surface area contributed by atoms with Gasteiger partial charge in [0.15, 0.2) is 0 Å². The Labute approximate surface area is 124 Å². The van der Waals surface area contributed by atoms with Crippen molar-refractivity contribution in [2.75, 3.05) is 6.54 Å². The molecule has 3 rings (SSSR count). The maximum atomic E-state index is 6.28. The van der Waals surface area contributed by atoms with E-state index in [9.17, 15) is 0 Å². The fraction of sp³-hybridized carbons (Fsp3) is 0.308. The highest BCUT2D eigenvalue weighted by atomic mass is 79.9. The number of nitrogens with zero attached hydrogens (tertiary/aromatic N) is 3. The Balaban J connectivity index is 2.46. The first-order valence-corrected chi connectivity index (χ1v) is 7.23. The minimum atomic E-state index is 0.608. The topological polar surface area (TPSA) is 48.2 Å². The standard InChI is InChI=1S/C13H14BrClN4/c1-7-5-8(15)11-10(6-7)19-12(14)9(3-4-16)18(2)13(19)17-11/h5-6H,3-4,16H2,1-2H3. The van der Waals surface area contributed by atoms with Gasteiger partial charge in [-0.05, 0) is 47.1 Å². The molecule has 0 saturated heterocycles. The molecule has 0 aliphatic carbocycles. The Morgan fingerprint density at radius 3 is 2.84 bits per heavy atom. The third kappa shape index (κ3) is 1.80. The van der Waals surface area contributed by atoms with Crippen molar-refractivity contribution in [1.82, 2.24) is 14.0 Å². The second-order valence-electron chi connectivity index (χ2n) is 4.70. The molecule has 0 aliphatic heterocycles. The van der Waals surface area contributed by atoms with Crippen LogP contribution in [-0.2, 0) is 13.5 Å². The monoisotopic (exact) mass is 340 g/mol. The minimum Gasteiger partial charge on any atom is -0.330 e. The lowest BCUT2D eigenvalue weighted by Gasteiger charge is -2.02. The van der Waals surface area contributed by atoms with Gasteiger partial charge in [-0.2, -0.15) is 0 Å². The molecule has 2 N–H and O–H groups in total. The van der Waals surface area contributed by atoms with Crippen LogP contribution in [0.5, 0.6) is 0 Å². The summed E-state index contributed by atoms with van der Waals surface area (Å²) >= 11 is 9.93. The van der Waals surface area contributed by atoms with Crippen molar-refractivity contribution in [2.45, 2.75) is 13.3 Å². The lowest BCUT2D eigenvalue weighted by Crippen LogP contribution is -2.07. The van der Waals surface area contributed by atoms with Gasteiger partial charge in [-0.3, -0.25) is 4.40 Å². The largest absolute Gasteiger partial charge is 0.330 e. The number of hydrogen-bond donors (Lipinski definition) is 1. The molecule has 6 heteroatoms. The summed E-state index contributed by atoms with van der Waals surface area (Å²) in [4.78, 5) is 4.64. The van der Waals surface area contributed by atoms with Crippen LogP contribution in [0.1, 0.15) is 11.3 Å². The summed E-state index contributed by atoms with van der Waals surface area (Å²) < 4.78 is 5.14. The van der Waals surface area contributed by atoms with E-state index in [1.165, 1.54) is 0 Å². The van der Waals surface area contributed by atoms with Gasteiger partial charge >= 0.3 is 0 Å². The molecule has 0 saturated carbocycles. The zero-order valence-corrected chi connectivity index (χ0v) is 13.1. The first-order chi connectivity index (χ1) is 9.04. The smallest absolute Gasteiger partial charge is 0.215 e. The van der Waals surface area contributed by atoms with Crippen molar-refractivity contribution < 1.29 is 0 Å². The summed E-state index contributed by atoms with van der Waals surface area (Å²) in [5.74, 6) is 0.873. The molecule has 19 heavy (non-hydrogen) atoms. The molecule has 0 amide bonds. The van der Waals surface area contributed by atoms with E-state index < -0.39 is 0 Å². The van der Waals surface area contributed by atoms with Crippen LogP contribution in [0.2, 0.25) is 5.02 Å². The van der Waals surface area contributed by atoms with Crippen LogP contribution in [0.25, 0.3) is 16.8 Å². The van der Waals surface area contributed by atoms with E-state index in [-0.39, 0.29) is 0 Å². The van der Waals surface area contributed by atoms with Gasteiger partial charge in [0.2, 0.25) is 5.78 Å². The number of aromatic nitrogens is 3. The molecule has 4 nitrogen and oxygen atoms in total. The molecule has 2 heterocycles. The summed E-state index contributed by atoms with van der Waals surface area (Å²) in [7, 11) is 2.00. The van der Waals surface area contributed by atoms with Crippen LogP contribution in [0.3, 0.4) is 0 Å². The highest BCUT2D eigenvalue weighted by molar-refractivity contribution is 9.10. The summed E-state index contributed by atoms with van der Waals surface area (Å²) in [5.41, 5.74) is 9.78. The van der Waals surface area contributed by atoms with Crippen LogP contribution in [0.15, 0.2) is 16.7 Å². The summed E-state index contributed by atoms with van der Waals surface area (Å²) in [6.45, 7) is 2.64. The summed E-state index contributed by atoms with van der Waals surface area (Å²) in [6, 6.07) is 4.03. The quantitative estimate of drug-likeness (QED) is 0.779. The predicted octanol–water partition coefficient (Wildman–Crippen LogP) is 3.05. The number of aryl methyl sites for hydroxylation is 2. The van der Waals surface area contributed by atoms with E-state index in [1.807, 2.05) is 20.0 Å². The van der Waals surface area contributed by atoms with E-state index in [4.69, 9.17) is 17.3 Å². The van der Waals surface area contributed by atoms with E-state index in [0.29, 0.717) is 11.6 Å². The van der Waals surface area contributed by atoms with Gasteiger partial charge in [0.1, 0.15) is 10.1 Å². The van der Waals surface area contributed by atoms with Crippen molar-refractivity contribution in [3.63, 3.8) is 0 Å². The SMILES string of the molecule is Cc1cc(Cl)c2nc3n(C)c(CCN)c(Br)n3c2c1. The third-order valence-electron chi connectivity index (χ3n) is 3.36. The van der Waals surface area contributed by atoms with Crippen molar-refractivity contribution in [3.8, 4) is 0 Å². The fourth-order valence-corrected chi connectivity index (χ4v) is 3.59. The summed E-state index contributed by atoms with van der Waals surface area (Å²) in [5, 5.41) is 0.686. The van der Waals surface area contributed by atoms with E-state index in [2.05, 4.69) is 35.9 Å². The second-order valence-corrected chi connectivity index (χ2v) is 5.86. The van der Waals surface area contributed by atoms with Crippen molar-refractivity contribution in [2.24, 2.45) is 12.8 Å². The van der Waals surface area contributed by atoms with Gasteiger partial charge in [-0.1, -0.05) is 11.6 Å². The minimum absolute atomic E-state index is 0.608. The first-order valence-electron chi connectivity index (χ1n) is 6.06. The molecule has 0 atom stereocenters. The molecule has 0 bridgehead atoms. The van der Waals surface area contributed by atoms with Gasteiger partial charge in [0.25, 0.3) is 0 Å². The van der Waals surface area contributed by atoms with Crippen LogP contribution >= 0.6 is 27.5 Å². The Morgan fingerprint density at radius 1 is 1.42 bits per heavy atom. The molecule has 100 valence electrons. The molecule has 0 aliphatic rings. The van der Waals surface area contributed by atoms with Gasteiger partial charge in [0.05, 0.1) is 16.2 Å². The molecule has 0 radical (unpaired) electrons. The van der Waals surface area contributed by atoms with Gasteiger partial charge < -0.3 is 10.3 Å². The number of benzene rings is 1. The number of hydrogen-bond acceptors (Lipinski definition) is 2. The Hall–Kier alpha value is -1.04. The number of nitrogens with two attached hydrogens (primary N) is 1. The zero-order valence-electron chi connectivity index (χ0n) is 10.7. The van der Waals surface area contributed by atoms with E-state index >= 15 is 0 Å². The number of fused-ring (bicyclic) bond motifs is 3. The molecular formula is C13H14BrClN4. The van der Waals surface area contributed by atoms with Crippen molar-refractivity contribution in [3.05, 3.63) is 33.0 Å². The van der Waals surface area contributed by atoms with Crippen LogP contribution < -0.4 is 5.73 Å². The second kappa shape index (κ2) is 4.51. The van der Waals surface area contributed by atoms with Gasteiger partial charge in [0, 0.05) is 13.5 Å². The number of halogens is 2. The maximum absolute atomic E-state index is 6.28. The molecule has 2 aromatic heterocycles. The van der Waals surface area contributed by atoms with Gasteiger partial charge in [-0.15, -0.1) is 0 Å². The van der Waals surface area contributed by atoms with Crippen LogP contribution in [0, 0.1) is 6.92 Å². The Morgan fingerprint density at radius 2 is 2.16 bits per heavy atom. The molecule has 1 aromatic carbocycles. The zero-order chi connectivity index (χ0) is 13.7. The average Bonchev–Trinajstić information content (AvgIpc) is 2.82. The third-order valence-corrected chi connectivity index (χ3v) is 4.46. The Bertz CT molecular complexity index is 787. The maximum Gasteiger partial charge on any atom is 0.215 e. The predicted molar refractivity (Wildman–Crippen MR) is 81.9 cm³/mol. The average molecular weight is 342 g/mol. The van der Waals surface area contributed by atoms with E-state index in [1.54, 1.807) is 0 Å². The molecule has 0 spiro atoms. The van der Waals surface area contributed by atoms with Crippen LogP contribution in [-0.4, -0.2) is 20.5 Å². The highest BCUT2D eigenvalue weighted by Crippen LogP contribution is 2.31. The van der Waals surface area contributed by atoms with Crippen LogP contribution in [0.4, 0.5) is 0 Å². The summed E-state index contributed by atoms with van der Waals surface area (Å²) in [6.07, 6.45) is 0.807. The first kappa shape index (κ1) is 13.0. The lowest BCUT2D eigenvalue weighted by atomic mass is 10.2. The molecule has 0 unspecified atom stereocenters. The lowest BCUT2D eigenvalue weighted by molar-refractivity contribution is 0.816. The normalized spacial score (nSPS) is 11.8. The number of rotatable bonds is 2. The van der Waals surface area contributed by atoms with Crippen molar-refractivity contribution in [1.29, 1.82) is 0 Å². The number of imidazole rings is 2. The molecule has 0 fully saturated rings. The fourth-order valence-electron chi connectivity index (χ4n) is 2.47. The van der Waals surface area contributed by atoms with E-state index in [0.717, 1.165) is 39.1 Å². The van der Waals surface area contributed by atoms with Gasteiger partial charge in [-0.25, -0.2) is 4.98 Å².